The maximum Gasteiger partial charge on any atom is 0.407 e. The second kappa shape index (κ2) is 10.3. The molecule has 0 spiro atoms. The van der Waals surface area contributed by atoms with Crippen LogP contribution in [0.15, 0.2) is 30.3 Å². The fourth-order valence-corrected chi connectivity index (χ4v) is 2.39. The smallest absolute Gasteiger partial charge is 0.407 e. The van der Waals surface area contributed by atoms with E-state index in [0.717, 1.165) is 32.2 Å². The first-order valence-corrected chi connectivity index (χ1v) is 8.65. The molecular weight excluding hydrogens is 288 g/mol. The fraction of sp³-hybridized carbons (Fsp3) is 0.632. The topological polar surface area (TPSA) is 50.4 Å². The average Bonchev–Trinajstić information content (AvgIpc) is 2.48. The van der Waals surface area contributed by atoms with Gasteiger partial charge in [0.1, 0.15) is 5.60 Å². The van der Waals surface area contributed by atoms with Crippen molar-refractivity contribution in [1.82, 2.24) is 10.6 Å². The van der Waals surface area contributed by atoms with E-state index in [-0.39, 0.29) is 6.09 Å². The lowest BCUT2D eigenvalue weighted by molar-refractivity contribution is 0.0522. The minimum Gasteiger partial charge on any atom is -0.444 e. The maximum atomic E-state index is 11.7. The molecule has 0 aliphatic carbocycles. The normalized spacial score (nSPS) is 12.7. The summed E-state index contributed by atoms with van der Waals surface area (Å²) in [5, 5.41) is 6.40. The van der Waals surface area contributed by atoms with E-state index in [4.69, 9.17) is 4.74 Å². The molecule has 4 nitrogen and oxygen atoms in total. The van der Waals surface area contributed by atoms with Gasteiger partial charge in [-0.1, -0.05) is 43.7 Å². The van der Waals surface area contributed by atoms with Gasteiger partial charge in [-0.2, -0.15) is 0 Å². The van der Waals surface area contributed by atoms with Crippen molar-refractivity contribution in [3.63, 3.8) is 0 Å². The number of hydrogen-bond acceptors (Lipinski definition) is 3. The van der Waals surface area contributed by atoms with Gasteiger partial charge in [0.05, 0.1) is 0 Å². The van der Waals surface area contributed by atoms with Gasteiger partial charge in [-0.3, -0.25) is 0 Å². The van der Waals surface area contributed by atoms with Gasteiger partial charge in [0.2, 0.25) is 0 Å². The molecule has 0 saturated heterocycles. The Morgan fingerprint density at radius 3 is 2.52 bits per heavy atom. The lowest BCUT2D eigenvalue weighted by Gasteiger charge is -2.22. The van der Waals surface area contributed by atoms with Gasteiger partial charge in [0, 0.05) is 12.6 Å². The molecule has 1 aromatic rings. The molecule has 2 N–H and O–H groups in total. The van der Waals surface area contributed by atoms with Crippen LogP contribution in [0.25, 0.3) is 0 Å². The lowest BCUT2D eigenvalue weighted by atomic mass is 10.1. The molecule has 1 amide bonds. The molecular formula is C19H32N2O2. The van der Waals surface area contributed by atoms with Gasteiger partial charge in [0.15, 0.2) is 0 Å². The summed E-state index contributed by atoms with van der Waals surface area (Å²) < 4.78 is 5.27. The van der Waals surface area contributed by atoms with Gasteiger partial charge < -0.3 is 15.4 Å². The monoisotopic (exact) mass is 320 g/mol. The Bertz CT molecular complexity index is 440. The number of nitrogens with one attached hydrogen (secondary N) is 2. The molecule has 0 heterocycles. The van der Waals surface area contributed by atoms with Crippen LogP contribution in [0.4, 0.5) is 4.79 Å². The lowest BCUT2D eigenvalue weighted by Crippen LogP contribution is -2.43. The van der Waals surface area contributed by atoms with Crippen LogP contribution in [0.1, 0.15) is 52.5 Å². The summed E-state index contributed by atoms with van der Waals surface area (Å²) >= 11 is 0. The third kappa shape index (κ3) is 9.95. The van der Waals surface area contributed by atoms with Crippen molar-refractivity contribution in [1.29, 1.82) is 0 Å². The third-order valence-corrected chi connectivity index (χ3v) is 3.45. The highest BCUT2D eigenvalue weighted by molar-refractivity contribution is 5.67. The third-order valence-electron chi connectivity index (χ3n) is 3.45. The minimum atomic E-state index is -0.451. The van der Waals surface area contributed by atoms with Crippen LogP contribution in [-0.2, 0) is 11.2 Å². The summed E-state index contributed by atoms with van der Waals surface area (Å²) in [6.07, 6.45) is 3.96. The zero-order valence-electron chi connectivity index (χ0n) is 15.0. The molecule has 1 aromatic carbocycles. The Morgan fingerprint density at radius 2 is 1.91 bits per heavy atom. The van der Waals surface area contributed by atoms with Crippen molar-refractivity contribution < 1.29 is 9.53 Å². The number of amides is 1. The van der Waals surface area contributed by atoms with E-state index in [9.17, 15) is 4.79 Å². The number of rotatable bonds is 9. The number of carbonyl (C=O) groups is 1. The quantitative estimate of drug-likeness (QED) is 0.678. The molecule has 0 aliphatic rings. The van der Waals surface area contributed by atoms with Gasteiger partial charge in [0.25, 0.3) is 0 Å². The van der Waals surface area contributed by atoms with E-state index in [2.05, 4.69) is 41.8 Å². The van der Waals surface area contributed by atoms with Crippen molar-refractivity contribution in [2.45, 2.75) is 65.0 Å². The average molecular weight is 320 g/mol. The summed E-state index contributed by atoms with van der Waals surface area (Å²) in [5.74, 6) is 0. The second-order valence-electron chi connectivity index (χ2n) is 6.91. The summed E-state index contributed by atoms with van der Waals surface area (Å²) in [5.41, 5.74) is 0.918. The Morgan fingerprint density at radius 1 is 1.22 bits per heavy atom. The first kappa shape index (κ1) is 19.5. The molecule has 23 heavy (non-hydrogen) atoms. The minimum absolute atomic E-state index is 0.295. The Labute approximate surface area is 141 Å². The maximum absolute atomic E-state index is 11.7. The highest BCUT2D eigenvalue weighted by Gasteiger charge is 2.17. The molecule has 0 radical (unpaired) electrons. The number of alkyl carbamates (subject to hydrolysis) is 1. The van der Waals surface area contributed by atoms with Crippen molar-refractivity contribution in [2.24, 2.45) is 0 Å². The van der Waals surface area contributed by atoms with Crippen molar-refractivity contribution >= 4 is 6.09 Å². The molecule has 0 aromatic heterocycles. The number of ether oxygens (including phenoxy) is 1. The van der Waals surface area contributed by atoms with Crippen LogP contribution in [-0.4, -0.2) is 30.8 Å². The molecule has 1 atom stereocenters. The molecule has 4 heteroatoms. The second-order valence-corrected chi connectivity index (χ2v) is 6.91. The summed E-state index contributed by atoms with van der Waals surface area (Å²) in [6, 6.07) is 10.8. The number of hydrogen-bond donors (Lipinski definition) is 2. The van der Waals surface area contributed by atoms with Gasteiger partial charge >= 0.3 is 6.09 Å². The van der Waals surface area contributed by atoms with E-state index >= 15 is 0 Å². The van der Waals surface area contributed by atoms with Gasteiger partial charge in [-0.05, 0) is 52.1 Å². The van der Waals surface area contributed by atoms with Crippen molar-refractivity contribution in [3.8, 4) is 0 Å². The highest BCUT2D eigenvalue weighted by Crippen LogP contribution is 2.07. The molecule has 1 rings (SSSR count). The van der Waals surface area contributed by atoms with Crippen molar-refractivity contribution in [3.05, 3.63) is 35.9 Å². The highest BCUT2D eigenvalue weighted by atomic mass is 16.6. The van der Waals surface area contributed by atoms with Crippen molar-refractivity contribution in [2.75, 3.05) is 13.1 Å². The molecule has 0 saturated carbocycles. The number of aryl methyl sites for hydroxylation is 1. The Balaban J connectivity index is 2.24. The Hall–Kier alpha value is -1.55. The van der Waals surface area contributed by atoms with E-state index < -0.39 is 5.60 Å². The predicted octanol–water partition coefficient (Wildman–Crippen LogP) is 3.90. The first-order chi connectivity index (χ1) is 10.9. The molecule has 0 fully saturated rings. The molecule has 1 unspecified atom stereocenters. The zero-order valence-corrected chi connectivity index (χ0v) is 15.0. The molecule has 130 valence electrons. The zero-order chi connectivity index (χ0) is 17.1. The SMILES string of the molecule is CCCC(CNC(=O)OC(C)(C)C)NCCCc1ccccc1. The molecule has 0 bridgehead atoms. The van der Waals surface area contributed by atoms with Crippen LogP contribution < -0.4 is 10.6 Å². The van der Waals surface area contributed by atoms with Gasteiger partial charge in [-0.25, -0.2) is 4.79 Å². The summed E-state index contributed by atoms with van der Waals surface area (Å²) in [7, 11) is 0. The Kier molecular flexibility index (Phi) is 8.70. The van der Waals surface area contributed by atoms with E-state index in [1.807, 2.05) is 26.8 Å². The van der Waals surface area contributed by atoms with E-state index in [1.165, 1.54) is 5.56 Å². The predicted molar refractivity (Wildman–Crippen MR) is 95.7 cm³/mol. The van der Waals surface area contributed by atoms with Crippen LogP contribution >= 0.6 is 0 Å². The summed E-state index contributed by atoms with van der Waals surface area (Å²) in [4.78, 5) is 11.7. The van der Waals surface area contributed by atoms with Crippen LogP contribution in [0, 0.1) is 0 Å². The standard InChI is InChI=1S/C19H32N2O2/c1-5-10-17(15-21-18(22)23-19(2,3)4)20-14-9-13-16-11-7-6-8-12-16/h6-8,11-12,17,20H,5,9-10,13-15H2,1-4H3,(H,21,22). The number of benzene rings is 1. The van der Waals surface area contributed by atoms with E-state index in [0.29, 0.717) is 12.6 Å². The molecule has 0 aliphatic heterocycles. The largest absolute Gasteiger partial charge is 0.444 e. The van der Waals surface area contributed by atoms with Crippen LogP contribution in [0.5, 0.6) is 0 Å². The number of carbonyl (C=O) groups excluding carboxylic acids is 1. The van der Waals surface area contributed by atoms with Crippen LogP contribution in [0.2, 0.25) is 0 Å². The van der Waals surface area contributed by atoms with E-state index in [1.54, 1.807) is 0 Å². The summed E-state index contributed by atoms with van der Waals surface area (Å²) in [6.45, 7) is 9.34. The fourth-order valence-electron chi connectivity index (χ4n) is 2.39. The van der Waals surface area contributed by atoms with Gasteiger partial charge in [-0.15, -0.1) is 0 Å². The van der Waals surface area contributed by atoms with Crippen LogP contribution in [0.3, 0.4) is 0 Å². The first-order valence-electron chi connectivity index (χ1n) is 8.65.